The normalized spacial score (nSPS) is 10.8. The lowest BCUT2D eigenvalue weighted by Gasteiger charge is -2.12. The molecular weight excluding hydrogens is 364 g/mol. The maximum atomic E-state index is 11.7. The highest BCUT2D eigenvalue weighted by Crippen LogP contribution is 2.32. The second-order valence-electron chi connectivity index (χ2n) is 6.73. The molecule has 146 valence electrons. The second kappa shape index (κ2) is 8.56. The fraction of sp³-hybridized carbons (Fsp3) is 0.174. The molecule has 4 aromatic rings. The number of methoxy groups -OCH3 is 1. The van der Waals surface area contributed by atoms with Gasteiger partial charge < -0.3 is 9.30 Å². The Kier molecular flexibility index (Phi) is 5.52. The van der Waals surface area contributed by atoms with Crippen LogP contribution in [0.3, 0.4) is 0 Å². The van der Waals surface area contributed by atoms with Crippen LogP contribution in [0.5, 0.6) is 0 Å². The number of carbonyl (C=O) groups excluding carboxylic acids is 1. The number of ether oxygens (including phenoxy) is 1. The highest BCUT2D eigenvalue weighted by molar-refractivity contribution is 5.79. The van der Waals surface area contributed by atoms with Gasteiger partial charge in [-0.2, -0.15) is 5.10 Å². The van der Waals surface area contributed by atoms with Crippen molar-refractivity contribution in [3.8, 4) is 22.5 Å². The standard InChI is InChI=1S/C23H22N4O2/c1-29-21(28)11-14-26-17-24-22(19-8-3-2-4-9-19)23(26)20-10-5-7-18(15-20)16-27-13-6-12-25-27/h2-10,12-13,15,17H,11,14,16H2,1H3. The van der Waals surface area contributed by atoms with Gasteiger partial charge in [-0.3, -0.25) is 9.48 Å². The van der Waals surface area contributed by atoms with Gasteiger partial charge in [0, 0.05) is 30.1 Å². The Bertz CT molecular complexity index is 1090. The minimum Gasteiger partial charge on any atom is -0.469 e. The largest absolute Gasteiger partial charge is 0.469 e. The molecular formula is C23H22N4O2. The Morgan fingerprint density at radius 3 is 2.62 bits per heavy atom. The monoisotopic (exact) mass is 386 g/mol. The Morgan fingerprint density at radius 2 is 1.86 bits per heavy atom. The van der Waals surface area contributed by atoms with Crippen molar-refractivity contribution in [2.24, 2.45) is 0 Å². The summed E-state index contributed by atoms with van der Waals surface area (Å²) in [5.74, 6) is -0.238. The molecule has 0 saturated heterocycles. The molecule has 0 bridgehead atoms. The van der Waals surface area contributed by atoms with Gasteiger partial charge in [-0.05, 0) is 17.7 Å². The van der Waals surface area contributed by atoms with E-state index in [1.54, 1.807) is 12.5 Å². The first-order valence-electron chi connectivity index (χ1n) is 9.48. The van der Waals surface area contributed by atoms with Crippen molar-refractivity contribution < 1.29 is 9.53 Å². The van der Waals surface area contributed by atoms with Crippen LogP contribution in [0.1, 0.15) is 12.0 Å². The Labute approximate surface area is 169 Å². The first kappa shape index (κ1) is 18.7. The molecule has 6 heteroatoms. The van der Waals surface area contributed by atoms with Crippen LogP contribution in [0.4, 0.5) is 0 Å². The molecule has 6 nitrogen and oxygen atoms in total. The maximum absolute atomic E-state index is 11.7. The molecule has 29 heavy (non-hydrogen) atoms. The first-order valence-corrected chi connectivity index (χ1v) is 9.48. The topological polar surface area (TPSA) is 61.9 Å². The van der Waals surface area contributed by atoms with Gasteiger partial charge in [0.1, 0.15) is 0 Å². The van der Waals surface area contributed by atoms with Crippen molar-refractivity contribution in [2.45, 2.75) is 19.5 Å². The molecule has 0 aliphatic heterocycles. The van der Waals surface area contributed by atoms with Crippen LogP contribution >= 0.6 is 0 Å². The third-order valence-corrected chi connectivity index (χ3v) is 4.77. The average Bonchev–Trinajstić information content (AvgIpc) is 3.42. The Morgan fingerprint density at radius 1 is 1.03 bits per heavy atom. The van der Waals surface area contributed by atoms with E-state index in [4.69, 9.17) is 4.74 Å². The number of carbonyl (C=O) groups is 1. The third kappa shape index (κ3) is 4.27. The Balaban J connectivity index is 1.74. The molecule has 0 atom stereocenters. The van der Waals surface area contributed by atoms with E-state index in [9.17, 15) is 4.79 Å². The number of esters is 1. The van der Waals surface area contributed by atoms with Crippen molar-refractivity contribution in [1.82, 2.24) is 19.3 Å². The van der Waals surface area contributed by atoms with Crippen LogP contribution in [-0.2, 0) is 22.6 Å². The highest BCUT2D eigenvalue weighted by Gasteiger charge is 2.16. The lowest BCUT2D eigenvalue weighted by molar-refractivity contribution is -0.140. The number of imidazole rings is 1. The molecule has 4 rings (SSSR count). The molecule has 0 amide bonds. The lowest BCUT2D eigenvalue weighted by Crippen LogP contribution is -2.07. The number of benzene rings is 2. The van der Waals surface area contributed by atoms with Gasteiger partial charge >= 0.3 is 5.97 Å². The van der Waals surface area contributed by atoms with E-state index >= 15 is 0 Å². The summed E-state index contributed by atoms with van der Waals surface area (Å²) in [5.41, 5.74) is 5.12. The van der Waals surface area contributed by atoms with Crippen LogP contribution in [0.15, 0.2) is 79.4 Å². The number of rotatable bonds is 7. The van der Waals surface area contributed by atoms with Crippen LogP contribution in [0.25, 0.3) is 22.5 Å². The van der Waals surface area contributed by atoms with Gasteiger partial charge in [-0.1, -0.05) is 48.5 Å². The third-order valence-electron chi connectivity index (χ3n) is 4.77. The SMILES string of the molecule is COC(=O)CCn1cnc(-c2ccccc2)c1-c1cccc(Cn2cccn2)c1. The lowest BCUT2D eigenvalue weighted by atomic mass is 10.0. The summed E-state index contributed by atoms with van der Waals surface area (Å²) in [5, 5.41) is 4.29. The predicted octanol–water partition coefficient (Wildman–Crippen LogP) is 4.03. The highest BCUT2D eigenvalue weighted by atomic mass is 16.5. The average molecular weight is 386 g/mol. The molecule has 0 fully saturated rings. The summed E-state index contributed by atoms with van der Waals surface area (Å²) in [4.78, 5) is 16.3. The van der Waals surface area contributed by atoms with Gasteiger partial charge in [0.15, 0.2) is 0 Å². The summed E-state index contributed by atoms with van der Waals surface area (Å²) in [6, 6.07) is 20.4. The van der Waals surface area contributed by atoms with Crippen molar-refractivity contribution in [3.63, 3.8) is 0 Å². The molecule has 0 aliphatic rings. The van der Waals surface area contributed by atoms with E-state index in [0.717, 1.165) is 28.1 Å². The smallest absolute Gasteiger partial charge is 0.307 e. The number of hydrogen-bond donors (Lipinski definition) is 0. The zero-order valence-electron chi connectivity index (χ0n) is 16.2. The zero-order chi connectivity index (χ0) is 20.1. The molecule has 2 heterocycles. The molecule has 2 aromatic heterocycles. The van der Waals surface area contributed by atoms with E-state index < -0.39 is 0 Å². The van der Waals surface area contributed by atoms with E-state index in [1.807, 2.05) is 57.9 Å². The molecule has 2 aromatic carbocycles. The van der Waals surface area contributed by atoms with Crippen LogP contribution in [0.2, 0.25) is 0 Å². The van der Waals surface area contributed by atoms with Gasteiger partial charge in [-0.15, -0.1) is 0 Å². The van der Waals surface area contributed by atoms with Gasteiger partial charge in [0.2, 0.25) is 0 Å². The summed E-state index contributed by atoms with van der Waals surface area (Å²) < 4.78 is 8.72. The van der Waals surface area contributed by atoms with Crippen LogP contribution < -0.4 is 0 Å². The van der Waals surface area contributed by atoms with Crippen molar-refractivity contribution in [3.05, 3.63) is 84.9 Å². The summed E-state index contributed by atoms with van der Waals surface area (Å²) in [6.45, 7) is 1.20. The molecule has 0 saturated carbocycles. The molecule has 0 unspecified atom stereocenters. The van der Waals surface area contributed by atoms with Gasteiger partial charge in [0.05, 0.1) is 37.8 Å². The van der Waals surface area contributed by atoms with Crippen molar-refractivity contribution in [1.29, 1.82) is 0 Å². The van der Waals surface area contributed by atoms with Crippen molar-refractivity contribution in [2.75, 3.05) is 7.11 Å². The van der Waals surface area contributed by atoms with Crippen molar-refractivity contribution >= 4 is 5.97 Å². The van der Waals surface area contributed by atoms with E-state index in [1.165, 1.54) is 7.11 Å². The van der Waals surface area contributed by atoms with E-state index in [0.29, 0.717) is 19.5 Å². The molecule has 0 N–H and O–H groups in total. The summed E-state index contributed by atoms with van der Waals surface area (Å²) >= 11 is 0. The number of aryl methyl sites for hydroxylation is 1. The number of nitrogens with zero attached hydrogens (tertiary/aromatic N) is 4. The minimum atomic E-state index is -0.238. The first-order chi connectivity index (χ1) is 14.2. The Hall–Kier alpha value is -3.67. The minimum absolute atomic E-state index is 0.238. The summed E-state index contributed by atoms with van der Waals surface area (Å²) in [6.07, 6.45) is 5.81. The molecule has 0 spiro atoms. The van der Waals surface area contributed by atoms with Gasteiger partial charge in [-0.25, -0.2) is 4.98 Å². The van der Waals surface area contributed by atoms with E-state index in [-0.39, 0.29) is 5.97 Å². The van der Waals surface area contributed by atoms with E-state index in [2.05, 4.69) is 28.3 Å². The molecule has 0 aliphatic carbocycles. The number of aromatic nitrogens is 4. The second-order valence-corrected chi connectivity index (χ2v) is 6.73. The van der Waals surface area contributed by atoms with Crippen LogP contribution in [-0.4, -0.2) is 32.4 Å². The maximum Gasteiger partial charge on any atom is 0.307 e. The number of hydrogen-bond acceptors (Lipinski definition) is 4. The zero-order valence-corrected chi connectivity index (χ0v) is 16.2. The summed E-state index contributed by atoms with van der Waals surface area (Å²) in [7, 11) is 1.41. The quantitative estimate of drug-likeness (QED) is 0.450. The predicted molar refractivity (Wildman–Crippen MR) is 111 cm³/mol. The fourth-order valence-corrected chi connectivity index (χ4v) is 3.37. The molecule has 0 radical (unpaired) electrons. The van der Waals surface area contributed by atoms with Crippen LogP contribution in [0, 0.1) is 0 Å². The fourth-order valence-electron chi connectivity index (χ4n) is 3.37. The van der Waals surface area contributed by atoms with Gasteiger partial charge in [0.25, 0.3) is 0 Å².